The molecular weight excluding hydrogens is 334 g/mol. The van der Waals surface area contributed by atoms with Gasteiger partial charge in [0.05, 0.1) is 5.56 Å². The Balaban J connectivity index is 2.35. The van der Waals surface area contributed by atoms with Crippen molar-refractivity contribution < 1.29 is 14.6 Å². The highest BCUT2D eigenvalue weighted by molar-refractivity contribution is 9.10. The second-order valence-corrected chi connectivity index (χ2v) is 5.14. The van der Waals surface area contributed by atoms with Crippen LogP contribution in [0.15, 0.2) is 34.8 Å². The van der Waals surface area contributed by atoms with Crippen molar-refractivity contribution in [1.29, 1.82) is 0 Å². The van der Waals surface area contributed by atoms with Gasteiger partial charge in [-0.2, -0.15) is 0 Å². The van der Waals surface area contributed by atoms with Crippen molar-refractivity contribution >= 4 is 33.5 Å². The summed E-state index contributed by atoms with van der Waals surface area (Å²) >= 11 is 9.12. The lowest BCUT2D eigenvalue weighted by Crippen LogP contribution is -1.99. The van der Waals surface area contributed by atoms with E-state index >= 15 is 0 Å². The minimum atomic E-state index is -1.08. The standard InChI is InChI=1S/C13H9BrClNO3/c1-7-4-9(14)2-3-10(7)19-12-6-8(13(17)18)5-11(15)16-12/h2-6H,1H3,(H,17,18). The molecule has 0 spiro atoms. The number of rotatable bonds is 3. The second kappa shape index (κ2) is 5.59. The van der Waals surface area contributed by atoms with E-state index in [0.29, 0.717) is 5.75 Å². The number of aromatic carboxylic acids is 1. The highest BCUT2D eigenvalue weighted by atomic mass is 79.9. The number of hydrogen-bond donors (Lipinski definition) is 1. The number of aromatic nitrogens is 1. The van der Waals surface area contributed by atoms with Gasteiger partial charge in [0.15, 0.2) is 0 Å². The molecule has 0 fully saturated rings. The molecule has 1 heterocycles. The third-order valence-electron chi connectivity index (χ3n) is 2.37. The molecule has 0 saturated heterocycles. The molecule has 19 heavy (non-hydrogen) atoms. The van der Waals surface area contributed by atoms with E-state index in [-0.39, 0.29) is 16.6 Å². The van der Waals surface area contributed by atoms with E-state index in [0.717, 1.165) is 10.0 Å². The molecule has 0 aliphatic carbocycles. The third-order valence-corrected chi connectivity index (χ3v) is 3.06. The first-order valence-electron chi connectivity index (χ1n) is 5.30. The number of pyridine rings is 1. The van der Waals surface area contributed by atoms with Gasteiger partial charge in [-0.05, 0) is 36.8 Å². The molecule has 98 valence electrons. The van der Waals surface area contributed by atoms with E-state index in [9.17, 15) is 4.79 Å². The Kier molecular flexibility index (Phi) is 4.07. The first-order chi connectivity index (χ1) is 8.95. The number of nitrogens with zero attached hydrogens (tertiary/aromatic N) is 1. The Hall–Kier alpha value is -1.59. The first-order valence-corrected chi connectivity index (χ1v) is 6.47. The fourth-order valence-corrected chi connectivity index (χ4v) is 2.16. The summed E-state index contributed by atoms with van der Waals surface area (Å²) in [5.74, 6) is -0.341. The van der Waals surface area contributed by atoms with E-state index in [4.69, 9.17) is 21.4 Å². The van der Waals surface area contributed by atoms with Crippen molar-refractivity contribution in [3.8, 4) is 11.6 Å². The highest BCUT2D eigenvalue weighted by Crippen LogP contribution is 2.27. The summed E-state index contributed by atoms with van der Waals surface area (Å²) in [7, 11) is 0. The van der Waals surface area contributed by atoms with Crippen molar-refractivity contribution in [3.05, 3.63) is 51.1 Å². The summed E-state index contributed by atoms with van der Waals surface area (Å²) in [5.41, 5.74) is 0.929. The van der Waals surface area contributed by atoms with E-state index < -0.39 is 5.97 Å². The number of hydrogen-bond acceptors (Lipinski definition) is 3. The molecule has 0 atom stereocenters. The second-order valence-electron chi connectivity index (χ2n) is 3.83. The third kappa shape index (κ3) is 3.45. The molecule has 2 rings (SSSR count). The summed E-state index contributed by atoms with van der Waals surface area (Å²) < 4.78 is 6.49. The predicted octanol–water partition coefficient (Wildman–Crippen LogP) is 4.30. The number of carbonyl (C=O) groups is 1. The zero-order valence-corrected chi connectivity index (χ0v) is 12.2. The lowest BCUT2D eigenvalue weighted by Gasteiger charge is -2.09. The SMILES string of the molecule is Cc1cc(Br)ccc1Oc1cc(C(=O)O)cc(Cl)n1. The number of carboxylic acids is 1. The minimum absolute atomic E-state index is 0.0322. The summed E-state index contributed by atoms with van der Waals surface area (Å²) in [6, 6.07) is 8.08. The average molecular weight is 343 g/mol. The van der Waals surface area contributed by atoms with Crippen LogP contribution in [-0.4, -0.2) is 16.1 Å². The fourth-order valence-electron chi connectivity index (χ4n) is 1.49. The molecular formula is C13H9BrClNO3. The minimum Gasteiger partial charge on any atom is -0.478 e. The zero-order chi connectivity index (χ0) is 14.0. The Morgan fingerprint density at radius 2 is 2.11 bits per heavy atom. The van der Waals surface area contributed by atoms with Crippen LogP contribution in [0.1, 0.15) is 15.9 Å². The Morgan fingerprint density at radius 3 is 2.74 bits per heavy atom. The molecule has 2 aromatic rings. The van der Waals surface area contributed by atoms with Crippen LogP contribution in [0, 0.1) is 6.92 Å². The molecule has 1 aromatic heterocycles. The van der Waals surface area contributed by atoms with Crippen LogP contribution in [0.3, 0.4) is 0 Å². The van der Waals surface area contributed by atoms with Gasteiger partial charge < -0.3 is 9.84 Å². The van der Waals surface area contributed by atoms with Crippen LogP contribution in [-0.2, 0) is 0 Å². The maximum absolute atomic E-state index is 10.9. The van der Waals surface area contributed by atoms with Crippen LogP contribution >= 0.6 is 27.5 Å². The van der Waals surface area contributed by atoms with Gasteiger partial charge in [-0.25, -0.2) is 9.78 Å². The maximum Gasteiger partial charge on any atom is 0.335 e. The molecule has 0 amide bonds. The molecule has 0 unspecified atom stereocenters. The molecule has 1 aromatic carbocycles. The summed E-state index contributed by atoms with van der Waals surface area (Å²) in [4.78, 5) is 14.9. The van der Waals surface area contributed by atoms with Gasteiger partial charge in [0.2, 0.25) is 5.88 Å². The molecule has 0 saturated carbocycles. The smallest absolute Gasteiger partial charge is 0.335 e. The van der Waals surface area contributed by atoms with Gasteiger partial charge in [-0.15, -0.1) is 0 Å². The van der Waals surface area contributed by atoms with Gasteiger partial charge in [-0.1, -0.05) is 27.5 Å². The van der Waals surface area contributed by atoms with Gasteiger partial charge in [0, 0.05) is 10.5 Å². The molecule has 0 radical (unpaired) electrons. The maximum atomic E-state index is 10.9. The normalized spacial score (nSPS) is 10.3. The van der Waals surface area contributed by atoms with Gasteiger partial charge in [0.1, 0.15) is 10.9 Å². The van der Waals surface area contributed by atoms with Crippen molar-refractivity contribution in [2.45, 2.75) is 6.92 Å². The summed E-state index contributed by atoms with van der Waals surface area (Å²) in [6.07, 6.45) is 0. The highest BCUT2D eigenvalue weighted by Gasteiger charge is 2.10. The number of benzene rings is 1. The van der Waals surface area contributed by atoms with Crippen molar-refractivity contribution in [1.82, 2.24) is 4.98 Å². The number of carboxylic acid groups (broad SMARTS) is 1. The number of aryl methyl sites for hydroxylation is 1. The van der Waals surface area contributed by atoms with E-state index in [2.05, 4.69) is 20.9 Å². The van der Waals surface area contributed by atoms with E-state index in [1.165, 1.54) is 12.1 Å². The Bertz CT molecular complexity index is 646. The Morgan fingerprint density at radius 1 is 1.37 bits per heavy atom. The number of halogens is 2. The first kappa shape index (κ1) is 13.8. The molecule has 0 bridgehead atoms. The lowest BCUT2D eigenvalue weighted by atomic mass is 10.2. The van der Waals surface area contributed by atoms with Crippen LogP contribution in [0.5, 0.6) is 11.6 Å². The van der Waals surface area contributed by atoms with Gasteiger partial charge in [0.25, 0.3) is 0 Å². The summed E-state index contributed by atoms with van der Waals surface area (Å²) in [6.45, 7) is 1.88. The van der Waals surface area contributed by atoms with Crippen molar-refractivity contribution in [3.63, 3.8) is 0 Å². The largest absolute Gasteiger partial charge is 0.478 e. The van der Waals surface area contributed by atoms with Crippen LogP contribution in [0.2, 0.25) is 5.15 Å². The zero-order valence-electron chi connectivity index (χ0n) is 9.85. The molecule has 4 nitrogen and oxygen atoms in total. The molecule has 6 heteroatoms. The van der Waals surface area contributed by atoms with Crippen LogP contribution in [0.4, 0.5) is 0 Å². The van der Waals surface area contributed by atoms with Crippen molar-refractivity contribution in [2.24, 2.45) is 0 Å². The predicted molar refractivity (Wildman–Crippen MR) is 75.2 cm³/mol. The van der Waals surface area contributed by atoms with Gasteiger partial charge >= 0.3 is 5.97 Å². The topological polar surface area (TPSA) is 59.4 Å². The van der Waals surface area contributed by atoms with E-state index in [1.54, 1.807) is 6.07 Å². The van der Waals surface area contributed by atoms with Crippen LogP contribution in [0.25, 0.3) is 0 Å². The quantitative estimate of drug-likeness (QED) is 0.845. The number of ether oxygens (including phenoxy) is 1. The van der Waals surface area contributed by atoms with E-state index in [1.807, 2.05) is 19.1 Å². The lowest BCUT2D eigenvalue weighted by molar-refractivity contribution is 0.0696. The molecule has 0 aliphatic heterocycles. The average Bonchev–Trinajstić information content (AvgIpc) is 2.32. The van der Waals surface area contributed by atoms with Crippen molar-refractivity contribution in [2.75, 3.05) is 0 Å². The fraction of sp³-hybridized carbons (Fsp3) is 0.0769. The van der Waals surface area contributed by atoms with Crippen LogP contribution < -0.4 is 4.74 Å². The monoisotopic (exact) mass is 341 g/mol. The molecule has 1 N–H and O–H groups in total. The molecule has 0 aliphatic rings. The Labute approximate surface area is 123 Å². The van der Waals surface area contributed by atoms with Gasteiger partial charge in [-0.3, -0.25) is 0 Å². The summed E-state index contributed by atoms with van der Waals surface area (Å²) in [5, 5.41) is 9.02.